The van der Waals surface area contributed by atoms with Crippen LogP contribution in [0.4, 0.5) is 4.79 Å². The molecular weight excluding hydrogens is 404 g/mol. The normalized spacial score (nSPS) is 16.3. The van der Waals surface area contributed by atoms with E-state index >= 15 is 0 Å². The summed E-state index contributed by atoms with van der Waals surface area (Å²) in [4.78, 5) is 38.5. The second-order valence-electron chi connectivity index (χ2n) is 6.63. The molecule has 158 valence electrons. The van der Waals surface area contributed by atoms with Crippen molar-refractivity contribution in [2.75, 3.05) is 19.8 Å². The Labute approximate surface area is 179 Å². The molecule has 0 bridgehead atoms. The predicted molar refractivity (Wildman–Crippen MR) is 114 cm³/mol. The maximum atomic E-state index is 12.9. The average Bonchev–Trinajstić information content (AvgIpc) is 3.27. The molecule has 2 heterocycles. The fraction of sp³-hybridized carbons (Fsp3) is 0.318. The van der Waals surface area contributed by atoms with Crippen LogP contribution in [0.25, 0.3) is 0 Å². The van der Waals surface area contributed by atoms with Crippen molar-refractivity contribution in [3.05, 3.63) is 63.5 Å². The molecule has 7 nitrogen and oxygen atoms in total. The number of amides is 2. The first-order chi connectivity index (χ1) is 14.5. The number of likely N-dealkylation sites (N-methyl/N-ethyl adjacent to an activating group) is 1. The highest BCUT2D eigenvalue weighted by molar-refractivity contribution is 7.08. The van der Waals surface area contributed by atoms with Gasteiger partial charge < -0.3 is 14.8 Å². The van der Waals surface area contributed by atoms with E-state index in [1.54, 1.807) is 31.2 Å². The lowest BCUT2D eigenvalue weighted by molar-refractivity contribution is -0.139. The minimum absolute atomic E-state index is 0.00939. The van der Waals surface area contributed by atoms with Crippen molar-refractivity contribution in [1.29, 1.82) is 0 Å². The number of nitrogens with one attached hydrogen (secondary N) is 1. The average molecular weight is 429 g/mol. The molecule has 30 heavy (non-hydrogen) atoms. The van der Waals surface area contributed by atoms with E-state index in [2.05, 4.69) is 5.32 Å². The number of ketones is 1. The molecule has 0 unspecified atom stereocenters. The highest BCUT2D eigenvalue weighted by atomic mass is 32.1. The molecule has 0 fully saturated rings. The minimum atomic E-state index is -0.607. The summed E-state index contributed by atoms with van der Waals surface area (Å²) in [5, 5.41) is 6.68. The number of carbonyl (C=O) groups is 3. The maximum absolute atomic E-state index is 12.9. The van der Waals surface area contributed by atoms with Gasteiger partial charge in [0.2, 0.25) is 0 Å². The van der Waals surface area contributed by atoms with Gasteiger partial charge in [0.15, 0.2) is 5.78 Å². The second kappa shape index (κ2) is 9.58. The molecule has 8 heteroatoms. The summed E-state index contributed by atoms with van der Waals surface area (Å²) < 4.78 is 11.2. The first kappa shape index (κ1) is 21.6. The monoisotopic (exact) mass is 428 g/mol. The van der Waals surface area contributed by atoms with Crippen molar-refractivity contribution >= 4 is 29.1 Å². The van der Waals surface area contributed by atoms with E-state index in [-0.39, 0.29) is 25.0 Å². The molecule has 0 spiro atoms. The minimum Gasteiger partial charge on any atom is -0.487 e. The van der Waals surface area contributed by atoms with E-state index in [4.69, 9.17) is 9.47 Å². The third-order valence-corrected chi connectivity index (χ3v) is 5.46. The van der Waals surface area contributed by atoms with Crippen molar-refractivity contribution in [2.24, 2.45) is 0 Å². The number of carbonyl (C=O) groups excluding carboxylic acids is 3. The summed E-state index contributed by atoms with van der Waals surface area (Å²) >= 11 is 1.48. The van der Waals surface area contributed by atoms with Crippen molar-refractivity contribution in [1.82, 2.24) is 10.2 Å². The summed E-state index contributed by atoms with van der Waals surface area (Å²) in [5.74, 6) is 0.0103. The molecule has 1 aliphatic rings. The Balaban J connectivity index is 1.98. The number of benzene rings is 1. The molecule has 0 saturated carbocycles. The summed E-state index contributed by atoms with van der Waals surface area (Å²) in [6.07, 6.45) is 0. The number of hydrogen-bond donors (Lipinski definition) is 1. The number of nitrogens with zero attached hydrogens (tertiary/aromatic N) is 1. The number of thiophene rings is 1. The molecule has 0 radical (unpaired) electrons. The molecule has 2 amide bonds. The predicted octanol–water partition coefficient (Wildman–Crippen LogP) is 3.93. The number of esters is 1. The lowest BCUT2D eigenvalue weighted by atomic mass is 9.96. The van der Waals surface area contributed by atoms with Crippen LogP contribution >= 0.6 is 11.3 Å². The Bertz CT molecular complexity index is 950. The molecule has 1 atom stereocenters. The zero-order valence-electron chi connectivity index (χ0n) is 17.1. The molecule has 1 aromatic heterocycles. The highest BCUT2D eigenvalue weighted by Gasteiger charge is 2.38. The largest absolute Gasteiger partial charge is 0.487 e. The van der Waals surface area contributed by atoms with Crippen LogP contribution in [0.5, 0.6) is 5.75 Å². The third kappa shape index (κ3) is 4.54. The fourth-order valence-electron chi connectivity index (χ4n) is 3.27. The maximum Gasteiger partial charge on any atom is 0.338 e. The van der Waals surface area contributed by atoms with Crippen molar-refractivity contribution in [3.8, 4) is 5.75 Å². The number of Topliss-reactive ketones (excluding diaryl/α,β-unsaturated/α-hetero) is 1. The quantitative estimate of drug-likeness (QED) is 0.509. The molecule has 0 saturated heterocycles. The lowest BCUT2D eigenvalue weighted by Crippen LogP contribution is -2.49. The first-order valence-corrected chi connectivity index (χ1v) is 10.6. The van der Waals surface area contributed by atoms with Gasteiger partial charge in [-0.2, -0.15) is 11.3 Å². The molecule has 1 N–H and O–H groups in total. The van der Waals surface area contributed by atoms with Crippen LogP contribution < -0.4 is 10.1 Å². The molecule has 2 aromatic rings. The van der Waals surface area contributed by atoms with E-state index in [1.807, 2.05) is 23.8 Å². The Morgan fingerprint density at radius 2 is 1.90 bits per heavy atom. The Kier molecular flexibility index (Phi) is 6.89. The number of rotatable bonds is 8. The molecule has 3 rings (SSSR count). The van der Waals surface area contributed by atoms with Crippen molar-refractivity contribution in [3.63, 3.8) is 0 Å². The summed E-state index contributed by atoms with van der Waals surface area (Å²) in [6.45, 7) is 5.66. The highest BCUT2D eigenvalue weighted by Crippen LogP contribution is 2.33. The van der Waals surface area contributed by atoms with Gasteiger partial charge in [0, 0.05) is 12.1 Å². The van der Waals surface area contributed by atoms with Gasteiger partial charge in [0.1, 0.15) is 12.4 Å². The number of urea groups is 1. The second-order valence-corrected chi connectivity index (χ2v) is 7.41. The SMILES string of the molecule is CCOC(=O)C1=C(COc2ccc(C(C)=O)cc2)N(CC)C(=O)N[C@@H]1c1ccsc1. The Morgan fingerprint density at radius 3 is 2.47 bits per heavy atom. The molecular formula is C22H24N2O5S. The third-order valence-electron chi connectivity index (χ3n) is 4.76. The van der Waals surface area contributed by atoms with Crippen LogP contribution in [0.15, 0.2) is 52.4 Å². The van der Waals surface area contributed by atoms with Gasteiger partial charge in [-0.05, 0) is 67.4 Å². The van der Waals surface area contributed by atoms with Gasteiger partial charge >= 0.3 is 12.0 Å². The van der Waals surface area contributed by atoms with Crippen LogP contribution in [0.3, 0.4) is 0 Å². The van der Waals surface area contributed by atoms with Gasteiger partial charge in [-0.15, -0.1) is 0 Å². The van der Waals surface area contributed by atoms with Crippen LogP contribution in [-0.2, 0) is 9.53 Å². The van der Waals surface area contributed by atoms with E-state index in [1.165, 1.54) is 23.2 Å². The van der Waals surface area contributed by atoms with E-state index in [0.717, 1.165) is 5.56 Å². The van der Waals surface area contributed by atoms with Crippen LogP contribution in [0.2, 0.25) is 0 Å². The van der Waals surface area contributed by atoms with Gasteiger partial charge in [-0.1, -0.05) is 0 Å². The molecule has 1 aliphatic heterocycles. The lowest BCUT2D eigenvalue weighted by Gasteiger charge is -2.35. The number of hydrogen-bond acceptors (Lipinski definition) is 6. The summed E-state index contributed by atoms with van der Waals surface area (Å²) in [7, 11) is 0. The van der Waals surface area contributed by atoms with Crippen molar-refractivity contribution < 1.29 is 23.9 Å². The first-order valence-electron chi connectivity index (χ1n) is 9.70. The van der Waals surface area contributed by atoms with E-state index in [9.17, 15) is 14.4 Å². The summed E-state index contributed by atoms with van der Waals surface area (Å²) in [5.41, 5.74) is 2.22. The van der Waals surface area contributed by atoms with Crippen LogP contribution in [0, 0.1) is 0 Å². The van der Waals surface area contributed by atoms with Gasteiger partial charge in [0.25, 0.3) is 0 Å². The van der Waals surface area contributed by atoms with E-state index in [0.29, 0.717) is 29.1 Å². The standard InChI is InChI=1S/C22H24N2O5S/c1-4-24-18(12-29-17-8-6-15(7-9-17)14(3)25)19(21(26)28-5-2)20(23-22(24)27)16-10-11-30-13-16/h6-11,13,20H,4-5,12H2,1-3H3,(H,23,27)/t20-/m1/s1. The van der Waals surface area contributed by atoms with Crippen LogP contribution in [-0.4, -0.2) is 42.4 Å². The number of ether oxygens (including phenoxy) is 2. The van der Waals surface area contributed by atoms with Crippen molar-refractivity contribution in [2.45, 2.75) is 26.8 Å². The zero-order chi connectivity index (χ0) is 21.7. The zero-order valence-corrected chi connectivity index (χ0v) is 18.0. The molecule has 0 aliphatic carbocycles. The van der Waals surface area contributed by atoms with Gasteiger partial charge in [-0.25, -0.2) is 9.59 Å². The Morgan fingerprint density at radius 1 is 1.17 bits per heavy atom. The van der Waals surface area contributed by atoms with E-state index < -0.39 is 12.0 Å². The van der Waals surface area contributed by atoms with Gasteiger partial charge in [0.05, 0.1) is 23.9 Å². The van der Waals surface area contributed by atoms with Crippen LogP contribution in [0.1, 0.15) is 42.7 Å². The molecule has 1 aromatic carbocycles. The fourth-order valence-corrected chi connectivity index (χ4v) is 3.96. The smallest absolute Gasteiger partial charge is 0.338 e. The topological polar surface area (TPSA) is 84.9 Å². The van der Waals surface area contributed by atoms with Gasteiger partial charge in [-0.3, -0.25) is 9.69 Å². The summed E-state index contributed by atoms with van der Waals surface area (Å²) in [6, 6.07) is 7.70. The Hall–Kier alpha value is -3.13.